The largest absolute Gasteiger partial charge is 0.378 e. The molecule has 1 aromatic carbocycles. The van der Waals surface area contributed by atoms with Crippen LogP contribution in [0, 0.1) is 0 Å². The van der Waals surface area contributed by atoms with E-state index in [1.807, 2.05) is 0 Å². The van der Waals surface area contributed by atoms with Crippen LogP contribution in [-0.2, 0) is 14.8 Å². The number of carbonyl (C=O) groups is 1. The third kappa shape index (κ3) is 4.82. The second-order valence-electron chi connectivity index (χ2n) is 6.72. The molecule has 26 heavy (non-hydrogen) atoms. The molecular formula is C18H27N3O4S. The van der Waals surface area contributed by atoms with Crippen LogP contribution >= 0.6 is 0 Å². The minimum atomic E-state index is -3.56. The van der Waals surface area contributed by atoms with Crippen LogP contribution in [0.4, 0.5) is 0 Å². The molecule has 1 amide bonds. The Morgan fingerprint density at radius 3 is 2.81 bits per heavy atom. The number of sulfonamides is 1. The fraction of sp³-hybridized carbons (Fsp3) is 0.611. The van der Waals surface area contributed by atoms with Crippen molar-refractivity contribution in [3.63, 3.8) is 0 Å². The summed E-state index contributed by atoms with van der Waals surface area (Å²) in [4.78, 5) is 12.5. The van der Waals surface area contributed by atoms with Crippen LogP contribution in [0.2, 0.25) is 0 Å². The predicted octanol–water partition coefficient (Wildman–Crippen LogP) is 0.970. The topological polar surface area (TPSA) is 87.7 Å². The summed E-state index contributed by atoms with van der Waals surface area (Å²) < 4.78 is 32.6. The summed E-state index contributed by atoms with van der Waals surface area (Å²) in [5.41, 5.74) is 0.366. The van der Waals surface area contributed by atoms with Crippen molar-refractivity contribution >= 4 is 15.9 Å². The second-order valence-corrected chi connectivity index (χ2v) is 8.65. The van der Waals surface area contributed by atoms with Gasteiger partial charge in [0.1, 0.15) is 0 Å². The van der Waals surface area contributed by atoms with Crippen molar-refractivity contribution in [3.8, 4) is 0 Å². The van der Waals surface area contributed by atoms with Gasteiger partial charge in [0.05, 0.1) is 11.0 Å². The summed E-state index contributed by atoms with van der Waals surface area (Å²) in [5, 5.41) is 6.00. The number of amides is 1. The van der Waals surface area contributed by atoms with Gasteiger partial charge < -0.3 is 15.4 Å². The SMILES string of the molecule is O=C(NCC[C@@H]1CCCCO1)c1cccc(S(=O)(=O)N2CCNCC2)c1. The van der Waals surface area contributed by atoms with Gasteiger partial charge in [-0.25, -0.2) is 8.42 Å². The Labute approximate surface area is 155 Å². The zero-order valence-corrected chi connectivity index (χ0v) is 15.8. The van der Waals surface area contributed by atoms with Crippen molar-refractivity contribution < 1.29 is 17.9 Å². The molecule has 2 aliphatic rings. The number of ether oxygens (including phenoxy) is 1. The van der Waals surface area contributed by atoms with Crippen LogP contribution < -0.4 is 10.6 Å². The minimum absolute atomic E-state index is 0.169. The molecule has 2 fully saturated rings. The number of piperazine rings is 1. The third-order valence-corrected chi connectivity index (χ3v) is 6.73. The lowest BCUT2D eigenvalue weighted by molar-refractivity contribution is 0.0117. The molecule has 8 heteroatoms. The van der Waals surface area contributed by atoms with Gasteiger partial charge in [0, 0.05) is 44.9 Å². The van der Waals surface area contributed by atoms with Crippen LogP contribution in [0.15, 0.2) is 29.2 Å². The predicted molar refractivity (Wildman–Crippen MR) is 98.6 cm³/mol. The van der Waals surface area contributed by atoms with Crippen molar-refractivity contribution in [3.05, 3.63) is 29.8 Å². The van der Waals surface area contributed by atoms with E-state index >= 15 is 0 Å². The number of hydrogen-bond acceptors (Lipinski definition) is 5. The maximum Gasteiger partial charge on any atom is 0.251 e. The minimum Gasteiger partial charge on any atom is -0.378 e. The van der Waals surface area contributed by atoms with E-state index in [2.05, 4.69) is 10.6 Å². The Morgan fingerprint density at radius 1 is 1.27 bits per heavy atom. The highest BCUT2D eigenvalue weighted by Gasteiger charge is 2.26. The number of nitrogens with one attached hydrogen (secondary N) is 2. The first-order chi connectivity index (χ1) is 12.6. The summed E-state index contributed by atoms with van der Waals surface area (Å²) in [6.07, 6.45) is 4.31. The summed E-state index contributed by atoms with van der Waals surface area (Å²) >= 11 is 0. The van der Waals surface area contributed by atoms with Crippen molar-refractivity contribution in [2.24, 2.45) is 0 Å². The molecule has 0 spiro atoms. The first-order valence-electron chi connectivity index (χ1n) is 9.28. The summed E-state index contributed by atoms with van der Waals surface area (Å²) in [7, 11) is -3.56. The Bertz CT molecular complexity index is 711. The Hall–Kier alpha value is -1.48. The highest BCUT2D eigenvalue weighted by atomic mass is 32.2. The van der Waals surface area contributed by atoms with Gasteiger partial charge in [0.2, 0.25) is 10.0 Å². The van der Waals surface area contributed by atoms with E-state index in [1.165, 1.54) is 16.8 Å². The molecule has 0 unspecified atom stereocenters. The van der Waals surface area contributed by atoms with E-state index in [0.717, 1.165) is 25.9 Å². The number of benzene rings is 1. The molecule has 0 bridgehead atoms. The van der Waals surface area contributed by atoms with E-state index in [0.29, 0.717) is 38.3 Å². The summed E-state index contributed by atoms with van der Waals surface area (Å²) in [6.45, 7) is 3.49. The van der Waals surface area contributed by atoms with Crippen LogP contribution in [-0.4, -0.2) is 64.1 Å². The molecule has 0 aliphatic carbocycles. The van der Waals surface area contributed by atoms with Crippen molar-refractivity contribution in [2.75, 3.05) is 39.3 Å². The molecule has 2 saturated heterocycles. The first kappa shape index (κ1) is 19.3. The van der Waals surface area contributed by atoms with E-state index in [9.17, 15) is 13.2 Å². The number of rotatable bonds is 6. The smallest absolute Gasteiger partial charge is 0.251 e. The zero-order valence-electron chi connectivity index (χ0n) is 14.9. The molecule has 0 radical (unpaired) electrons. The molecule has 2 heterocycles. The van der Waals surface area contributed by atoms with Crippen molar-refractivity contribution in [1.29, 1.82) is 0 Å². The summed E-state index contributed by atoms with van der Waals surface area (Å²) in [5.74, 6) is -0.252. The van der Waals surface area contributed by atoms with E-state index in [4.69, 9.17) is 4.74 Å². The van der Waals surface area contributed by atoms with E-state index in [1.54, 1.807) is 18.2 Å². The standard InChI is InChI=1S/C18H27N3O4S/c22-18(20-8-7-16-5-1-2-13-25-16)15-4-3-6-17(14-15)26(23,24)21-11-9-19-10-12-21/h3-4,6,14,16,19H,1-2,5,7-13H2,(H,20,22)/t16-/m0/s1. The Kier molecular flexibility index (Phi) is 6.63. The molecule has 3 rings (SSSR count). The van der Waals surface area contributed by atoms with Gasteiger partial charge in [-0.1, -0.05) is 6.07 Å². The van der Waals surface area contributed by atoms with Gasteiger partial charge in [0.15, 0.2) is 0 Å². The van der Waals surface area contributed by atoms with Gasteiger partial charge in [-0.05, 0) is 43.9 Å². The lowest BCUT2D eigenvalue weighted by atomic mass is 10.1. The monoisotopic (exact) mass is 381 g/mol. The first-order valence-corrected chi connectivity index (χ1v) is 10.7. The van der Waals surface area contributed by atoms with Gasteiger partial charge in [-0.2, -0.15) is 4.31 Å². The van der Waals surface area contributed by atoms with Gasteiger partial charge in [-0.3, -0.25) is 4.79 Å². The fourth-order valence-corrected chi connectivity index (χ4v) is 4.80. The third-order valence-electron chi connectivity index (χ3n) is 4.84. The molecule has 2 aliphatic heterocycles. The highest BCUT2D eigenvalue weighted by molar-refractivity contribution is 7.89. The molecule has 0 aromatic heterocycles. The van der Waals surface area contributed by atoms with Crippen molar-refractivity contribution in [2.45, 2.75) is 36.7 Å². The number of hydrogen-bond donors (Lipinski definition) is 2. The van der Waals surface area contributed by atoms with Crippen molar-refractivity contribution in [1.82, 2.24) is 14.9 Å². The normalized spacial score (nSPS) is 22.1. The molecule has 1 aromatic rings. The van der Waals surface area contributed by atoms with Crippen LogP contribution in [0.1, 0.15) is 36.0 Å². The summed E-state index contributed by atoms with van der Waals surface area (Å²) in [6, 6.07) is 6.27. The quantitative estimate of drug-likeness (QED) is 0.767. The molecule has 0 saturated carbocycles. The average molecular weight is 381 g/mol. The van der Waals surface area contributed by atoms with Gasteiger partial charge >= 0.3 is 0 Å². The lowest BCUT2D eigenvalue weighted by Gasteiger charge is -2.26. The fourth-order valence-electron chi connectivity index (χ4n) is 3.32. The number of nitrogens with zero attached hydrogens (tertiary/aromatic N) is 1. The van der Waals surface area contributed by atoms with Gasteiger partial charge in [0.25, 0.3) is 5.91 Å². The number of carbonyl (C=O) groups excluding carboxylic acids is 1. The van der Waals surface area contributed by atoms with E-state index < -0.39 is 10.0 Å². The molecular weight excluding hydrogens is 354 g/mol. The highest BCUT2D eigenvalue weighted by Crippen LogP contribution is 2.18. The maximum atomic E-state index is 12.7. The molecule has 144 valence electrons. The Balaban J connectivity index is 1.59. The van der Waals surface area contributed by atoms with Crippen LogP contribution in [0.25, 0.3) is 0 Å². The average Bonchev–Trinajstić information content (AvgIpc) is 2.69. The van der Waals surface area contributed by atoms with E-state index in [-0.39, 0.29) is 16.9 Å². The maximum absolute atomic E-state index is 12.7. The Morgan fingerprint density at radius 2 is 2.08 bits per heavy atom. The zero-order chi connectivity index (χ0) is 18.4. The molecule has 7 nitrogen and oxygen atoms in total. The molecule has 2 N–H and O–H groups in total. The van der Waals surface area contributed by atoms with Gasteiger partial charge in [-0.15, -0.1) is 0 Å². The van der Waals surface area contributed by atoms with Crippen LogP contribution in [0.5, 0.6) is 0 Å². The van der Waals surface area contributed by atoms with Crippen LogP contribution in [0.3, 0.4) is 0 Å². The second kappa shape index (κ2) is 8.94. The lowest BCUT2D eigenvalue weighted by Crippen LogP contribution is -2.46. The molecule has 1 atom stereocenters.